The number of carbonyl (C=O) groups excluding carboxylic acids is 1. The summed E-state index contributed by atoms with van der Waals surface area (Å²) in [6.07, 6.45) is -3.49. The van der Waals surface area contributed by atoms with Crippen LogP contribution in [-0.4, -0.2) is 25.5 Å². The van der Waals surface area contributed by atoms with E-state index < -0.39 is 17.9 Å². The number of fused-ring (bicyclic) bond motifs is 1. The number of halogens is 3. The van der Waals surface area contributed by atoms with Crippen LogP contribution in [0.25, 0.3) is 5.78 Å². The van der Waals surface area contributed by atoms with Crippen LogP contribution in [0.3, 0.4) is 0 Å². The molecular weight excluding hydrogens is 323 g/mol. The van der Waals surface area contributed by atoms with Crippen molar-refractivity contribution >= 4 is 17.4 Å². The summed E-state index contributed by atoms with van der Waals surface area (Å²) in [7, 11) is 0. The van der Waals surface area contributed by atoms with Crippen LogP contribution in [0.4, 0.5) is 18.9 Å². The van der Waals surface area contributed by atoms with E-state index in [0.29, 0.717) is 5.69 Å². The summed E-state index contributed by atoms with van der Waals surface area (Å²) in [5.41, 5.74) is 1.80. The van der Waals surface area contributed by atoms with E-state index in [-0.39, 0.29) is 17.0 Å². The van der Waals surface area contributed by atoms with Crippen LogP contribution in [0.1, 0.15) is 27.4 Å². The second kappa shape index (κ2) is 5.59. The maximum absolute atomic E-state index is 12.7. The lowest BCUT2D eigenvalue weighted by atomic mass is 10.2. The summed E-state index contributed by atoms with van der Waals surface area (Å²) >= 11 is 0. The molecule has 0 radical (unpaired) electrons. The Balaban J connectivity index is 1.99. The van der Waals surface area contributed by atoms with E-state index >= 15 is 0 Å². The maximum Gasteiger partial charge on any atom is 0.453 e. The molecule has 2 heterocycles. The summed E-state index contributed by atoms with van der Waals surface area (Å²) in [4.78, 5) is 19.5. The van der Waals surface area contributed by atoms with Crippen molar-refractivity contribution in [3.8, 4) is 0 Å². The standard InChI is InChI=1S/C15H12F3N5O/c1-8-5-3-4-6-11(8)20-12(24)10-7-19-14-21-13(15(16,17)18)22-23(14)9(10)2/h3-7H,1-2H3,(H,20,24). The molecule has 6 nitrogen and oxygen atoms in total. The molecule has 1 aromatic carbocycles. The van der Waals surface area contributed by atoms with E-state index in [1.165, 1.54) is 13.1 Å². The maximum atomic E-state index is 12.7. The molecule has 1 amide bonds. The first-order valence-corrected chi connectivity index (χ1v) is 6.94. The van der Waals surface area contributed by atoms with Crippen molar-refractivity contribution in [2.75, 3.05) is 5.32 Å². The van der Waals surface area contributed by atoms with E-state index in [4.69, 9.17) is 0 Å². The molecule has 2 aromatic heterocycles. The normalized spacial score (nSPS) is 11.7. The lowest BCUT2D eigenvalue weighted by Gasteiger charge is -2.10. The van der Waals surface area contributed by atoms with Gasteiger partial charge in [0.15, 0.2) is 0 Å². The van der Waals surface area contributed by atoms with E-state index in [9.17, 15) is 18.0 Å². The minimum Gasteiger partial charge on any atom is -0.322 e. The molecule has 0 saturated carbocycles. The zero-order chi connectivity index (χ0) is 17.5. The largest absolute Gasteiger partial charge is 0.453 e. The molecule has 124 valence electrons. The van der Waals surface area contributed by atoms with Gasteiger partial charge in [0.1, 0.15) is 0 Å². The Morgan fingerprint density at radius 1 is 1.21 bits per heavy atom. The van der Waals surface area contributed by atoms with Gasteiger partial charge < -0.3 is 5.32 Å². The van der Waals surface area contributed by atoms with Crippen molar-refractivity contribution in [1.82, 2.24) is 19.6 Å². The summed E-state index contributed by atoms with van der Waals surface area (Å²) in [6, 6.07) is 7.16. The van der Waals surface area contributed by atoms with Gasteiger partial charge in [0, 0.05) is 11.9 Å². The molecule has 9 heteroatoms. The van der Waals surface area contributed by atoms with Gasteiger partial charge in [-0.1, -0.05) is 18.2 Å². The van der Waals surface area contributed by atoms with Gasteiger partial charge in [-0.15, -0.1) is 5.10 Å². The zero-order valence-corrected chi connectivity index (χ0v) is 12.7. The molecule has 0 bridgehead atoms. The third-order valence-electron chi connectivity index (χ3n) is 3.50. The van der Waals surface area contributed by atoms with Crippen LogP contribution < -0.4 is 5.32 Å². The molecule has 24 heavy (non-hydrogen) atoms. The van der Waals surface area contributed by atoms with Crippen molar-refractivity contribution in [2.24, 2.45) is 0 Å². The van der Waals surface area contributed by atoms with Crippen molar-refractivity contribution < 1.29 is 18.0 Å². The number of benzene rings is 1. The van der Waals surface area contributed by atoms with Crippen molar-refractivity contribution in [3.63, 3.8) is 0 Å². The molecular formula is C15H12F3N5O. The summed E-state index contributed by atoms with van der Waals surface area (Å²) in [5, 5.41) is 6.10. The molecule has 0 saturated heterocycles. The average Bonchev–Trinajstić information content (AvgIpc) is 2.95. The first-order valence-electron chi connectivity index (χ1n) is 6.94. The first kappa shape index (κ1) is 15.9. The number of rotatable bonds is 2. The molecule has 0 aliphatic carbocycles. The van der Waals surface area contributed by atoms with Crippen LogP contribution in [0, 0.1) is 13.8 Å². The molecule has 0 fully saturated rings. The van der Waals surface area contributed by atoms with Crippen LogP contribution in [0.15, 0.2) is 30.5 Å². The monoisotopic (exact) mass is 335 g/mol. The quantitative estimate of drug-likeness (QED) is 0.781. The van der Waals surface area contributed by atoms with Gasteiger partial charge in [-0.3, -0.25) is 4.79 Å². The first-order chi connectivity index (χ1) is 11.3. The number of nitrogens with zero attached hydrogens (tertiary/aromatic N) is 4. The van der Waals surface area contributed by atoms with Crippen LogP contribution in [0.2, 0.25) is 0 Å². The molecule has 3 rings (SSSR count). The number of amides is 1. The number of aryl methyl sites for hydroxylation is 2. The highest BCUT2D eigenvalue weighted by Crippen LogP contribution is 2.26. The SMILES string of the molecule is Cc1ccccc1NC(=O)c1cnc2nc(C(F)(F)F)nn2c1C. The Labute approximate surface area is 134 Å². The summed E-state index contributed by atoms with van der Waals surface area (Å²) < 4.78 is 39.0. The van der Waals surface area contributed by atoms with Gasteiger partial charge >= 0.3 is 6.18 Å². The Hall–Kier alpha value is -2.97. The van der Waals surface area contributed by atoms with E-state index in [0.717, 1.165) is 10.1 Å². The van der Waals surface area contributed by atoms with Crippen LogP contribution in [-0.2, 0) is 6.18 Å². The number of aromatic nitrogens is 4. The number of nitrogens with one attached hydrogen (secondary N) is 1. The van der Waals surface area contributed by atoms with Crippen LogP contribution in [0.5, 0.6) is 0 Å². The van der Waals surface area contributed by atoms with Gasteiger partial charge in [0.2, 0.25) is 0 Å². The highest BCUT2D eigenvalue weighted by Gasteiger charge is 2.36. The predicted molar refractivity (Wildman–Crippen MR) is 79.7 cm³/mol. The van der Waals surface area contributed by atoms with Gasteiger partial charge in [0.25, 0.3) is 17.5 Å². The Kier molecular flexibility index (Phi) is 3.70. The summed E-state index contributed by atoms with van der Waals surface area (Å²) in [6.45, 7) is 3.31. The Morgan fingerprint density at radius 2 is 1.92 bits per heavy atom. The average molecular weight is 335 g/mol. The Bertz CT molecular complexity index is 932. The second-order valence-corrected chi connectivity index (χ2v) is 5.17. The van der Waals surface area contributed by atoms with E-state index in [2.05, 4.69) is 20.4 Å². The Morgan fingerprint density at radius 3 is 2.58 bits per heavy atom. The van der Waals surface area contributed by atoms with Gasteiger partial charge in [0.05, 0.1) is 11.3 Å². The third kappa shape index (κ3) is 2.80. The van der Waals surface area contributed by atoms with Gasteiger partial charge in [-0.2, -0.15) is 18.2 Å². The number of hydrogen-bond acceptors (Lipinski definition) is 4. The fraction of sp³-hybridized carbons (Fsp3) is 0.200. The van der Waals surface area contributed by atoms with Gasteiger partial charge in [-0.05, 0) is 25.5 Å². The molecule has 1 N–H and O–H groups in total. The molecule has 0 spiro atoms. The highest BCUT2D eigenvalue weighted by molar-refractivity contribution is 6.05. The molecule has 0 atom stereocenters. The number of carbonyl (C=O) groups is 1. The van der Waals surface area contributed by atoms with E-state index in [1.807, 2.05) is 19.1 Å². The van der Waals surface area contributed by atoms with Crippen molar-refractivity contribution in [3.05, 3.63) is 53.1 Å². The predicted octanol–water partition coefficient (Wildman–Crippen LogP) is 3.01. The van der Waals surface area contributed by atoms with Crippen LogP contribution >= 0.6 is 0 Å². The van der Waals surface area contributed by atoms with Gasteiger partial charge in [-0.25, -0.2) is 9.50 Å². The van der Waals surface area contributed by atoms with Crippen molar-refractivity contribution in [2.45, 2.75) is 20.0 Å². The smallest absolute Gasteiger partial charge is 0.322 e. The lowest BCUT2D eigenvalue weighted by Crippen LogP contribution is -2.16. The summed E-state index contributed by atoms with van der Waals surface area (Å²) in [5.74, 6) is -2.00. The topological polar surface area (TPSA) is 72.2 Å². The van der Waals surface area contributed by atoms with Crippen molar-refractivity contribution in [1.29, 1.82) is 0 Å². The zero-order valence-electron chi connectivity index (χ0n) is 12.7. The van der Waals surface area contributed by atoms with E-state index in [1.54, 1.807) is 12.1 Å². The minimum absolute atomic E-state index is 0.115. The fourth-order valence-corrected chi connectivity index (χ4v) is 2.19. The number of hydrogen-bond donors (Lipinski definition) is 1. The fourth-order valence-electron chi connectivity index (χ4n) is 2.19. The molecule has 0 aliphatic heterocycles. The minimum atomic E-state index is -4.68. The number of alkyl halides is 3. The number of para-hydroxylation sites is 1. The molecule has 0 unspecified atom stereocenters. The molecule has 3 aromatic rings. The molecule has 0 aliphatic rings. The highest BCUT2D eigenvalue weighted by atomic mass is 19.4. The number of anilines is 1. The third-order valence-corrected chi connectivity index (χ3v) is 3.50. The lowest BCUT2D eigenvalue weighted by molar-refractivity contribution is -0.144. The second-order valence-electron chi connectivity index (χ2n) is 5.17.